The molecule has 0 saturated heterocycles. The maximum absolute atomic E-state index is 11.9. The number of aliphatic hydroxyl groups is 1. The van der Waals surface area contributed by atoms with E-state index in [-0.39, 0.29) is 12.5 Å². The first-order valence-corrected chi connectivity index (χ1v) is 7.25. The van der Waals surface area contributed by atoms with Crippen LogP contribution < -0.4 is 5.32 Å². The van der Waals surface area contributed by atoms with Crippen molar-refractivity contribution >= 4 is 12.0 Å². The standard InChI is InChI=1S/C19H18N2O2/c1-19(23,17-8-3-2-4-9-17)14-21-18(22)11-10-15-6-5-7-16(12-15)13-20/h2-12,23H,14H2,1H3,(H,21,22)/b11-10+. The van der Waals surface area contributed by atoms with Crippen LogP contribution >= 0.6 is 0 Å². The second kappa shape index (κ2) is 7.39. The minimum absolute atomic E-state index is 0.110. The first-order valence-electron chi connectivity index (χ1n) is 7.25. The van der Waals surface area contributed by atoms with Gasteiger partial charge in [-0.25, -0.2) is 0 Å². The fourth-order valence-corrected chi connectivity index (χ4v) is 2.10. The maximum Gasteiger partial charge on any atom is 0.244 e. The van der Waals surface area contributed by atoms with E-state index in [1.54, 1.807) is 31.2 Å². The monoisotopic (exact) mass is 306 g/mol. The number of rotatable bonds is 5. The maximum atomic E-state index is 11.9. The minimum atomic E-state index is -1.13. The molecule has 0 fully saturated rings. The van der Waals surface area contributed by atoms with Gasteiger partial charge in [0.05, 0.1) is 18.2 Å². The van der Waals surface area contributed by atoms with Crippen LogP contribution in [0, 0.1) is 11.3 Å². The van der Waals surface area contributed by atoms with Crippen molar-refractivity contribution in [2.75, 3.05) is 6.54 Å². The van der Waals surface area contributed by atoms with Crippen LogP contribution in [-0.2, 0) is 10.4 Å². The predicted molar refractivity (Wildman–Crippen MR) is 89.2 cm³/mol. The van der Waals surface area contributed by atoms with Gasteiger partial charge in [0.15, 0.2) is 0 Å². The molecule has 0 aliphatic carbocycles. The largest absolute Gasteiger partial charge is 0.384 e. The number of nitriles is 1. The van der Waals surface area contributed by atoms with Crippen molar-refractivity contribution in [3.05, 3.63) is 77.4 Å². The number of nitrogens with one attached hydrogen (secondary N) is 1. The highest BCUT2D eigenvalue weighted by Gasteiger charge is 2.22. The normalized spacial score (nSPS) is 13.3. The summed E-state index contributed by atoms with van der Waals surface area (Å²) in [6, 6.07) is 18.2. The van der Waals surface area contributed by atoms with Gasteiger partial charge in [-0.15, -0.1) is 0 Å². The Hall–Kier alpha value is -2.90. The molecule has 0 spiro atoms. The average Bonchev–Trinajstić information content (AvgIpc) is 2.59. The summed E-state index contributed by atoms with van der Waals surface area (Å²) in [5, 5.41) is 21.9. The minimum Gasteiger partial charge on any atom is -0.384 e. The summed E-state index contributed by atoms with van der Waals surface area (Å²) in [5.41, 5.74) is 0.922. The lowest BCUT2D eigenvalue weighted by Gasteiger charge is -2.23. The molecule has 1 unspecified atom stereocenters. The van der Waals surface area contributed by atoms with Crippen molar-refractivity contribution in [3.63, 3.8) is 0 Å². The number of amides is 1. The summed E-state index contributed by atoms with van der Waals surface area (Å²) in [4.78, 5) is 11.9. The van der Waals surface area contributed by atoms with E-state index in [9.17, 15) is 9.90 Å². The molecule has 4 nitrogen and oxygen atoms in total. The van der Waals surface area contributed by atoms with Gasteiger partial charge in [0.25, 0.3) is 0 Å². The summed E-state index contributed by atoms with van der Waals surface area (Å²) in [6.07, 6.45) is 3.02. The topological polar surface area (TPSA) is 73.1 Å². The van der Waals surface area contributed by atoms with Crippen molar-refractivity contribution in [2.45, 2.75) is 12.5 Å². The van der Waals surface area contributed by atoms with Gasteiger partial charge in [-0.1, -0.05) is 42.5 Å². The Kier molecular flexibility index (Phi) is 5.29. The van der Waals surface area contributed by atoms with Crippen molar-refractivity contribution in [1.29, 1.82) is 5.26 Å². The van der Waals surface area contributed by atoms with Crippen LogP contribution in [0.5, 0.6) is 0 Å². The van der Waals surface area contributed by atoms with Crippen molar-refractivity contribution < 1.29 is 9.90 Å². The van der Waals surface area contributed by atoms with E-state index in [1.807, 2.05) is 36.4 Å². The number of carbonyl (C=O) groups is 1. The Labute approximate surface area is 135 Å². The molecule has 4 heteroatoms. The number of nitrogens with zero attached hydrogens (tertiary/aromatic N) is 1. The number of carbonyl (C=O) groups excluding carboxylic acids is 1. The zero-order valence-corrected chi connectivity index (χ0v) is 12.9. The first kappa shape index (κ1) is 16.5. The third kappa shape index (κ3) is 4.80. The molecule has 2 aromatic carbocycles. The molecule has 0 aliphatic heterocycles. The van der Waals surface area contributed by atoms with Gasteiger partial charge in [0, 0.05) is 6.08 Å². The average molecular weight is 306 g/mol. The molecule has 1 atom stereocenters. The molecular formula is C19H18N2O2. The van der Waals surface area contributed by atoms with Crippen molar-refractivity contribution in [2.24, 2.45) is 0 Å². The molecule has 23 heavy (non-hydrogen) atoms. The zero-order valence-electron chi connectivity index (χ0n) is 12.9. The van der Waals surface area contributed by atoms with Crippen LogP contribution in [0.25, 0.3) is 6.08 Å². The summed E-state index contributed by atoms with van der Waals surface area (Å²) in [7, 11) is 0. The predicted octanol–water partition coefficient (Wildman–Crippen LogP) is 2.60. The van der Waals surface area contributed by atoms with Gasteiger partial charge in [0.2, 0.25) is 5.91 Å². The van der Waals surface area contributed by atoms with Gasteiger partial charge < -0.3 is 10.4 Å². The smallest absolute Gasteiger partial charge is 0.244 e. The van der Waals surface area contributed by atoms with E-state index < -0.39 is 5.60 Å². The lowest BCUT2D eigenvalue weighted by Crippen LogP contribution is -2.37. The summed E-state index contributed by atoms with van der Waals surface area (Å²) in [5.74, 6) is -0.302. The third-order valence-corrected chi connectivity index (χ3v) is 3.45. The molecule has 0 saturated carbocycles. The van der Waals surface area contributed by atoms with Gasteiger partial charge in [0.1, 0.15) is 5.60 Å². The van der Waals surface area contributed by atoms with Gasteiger partial charge in [-0.2, -0.15) is 5.26 Å². The molecule has 2 N–H and O–H groups in total. The molecule has 0 radical (unpaired) electrons. The van der Waals surface area contributed by atoms with E-state index >= 15 is 0 Å². The molecule has 2 aromatic rings. The number of benzene rings is 2. The van der Waals surface area contributed by atoms with E-state index in [1.165, 1.54) is 6.08 Å². The Morgan fingerprint density at radius 1 is 1.26 bits per heavy atom. The van der Waals surface area contributed by atoms with E-state index in [2.05, 4.69) is 11.4 Å². The summed E-state index contributed by atoms with van der Waals surface area (Å²) >= 11 is 0. The van der Waals surface area contributed by atoms with Gasteiger partial charge >= 0.3 is 0 Å². The molecular weight excluding hydrogens is 288 g/mol. The van der Waals surface area contributed by atoms with E-state index in [0.717, 1.165) is 11.1 Å². The fourth-order valence-electron chi connectivity index (χ4n) is 2.10. The second-order valence-corrected chi connectivity index (χ2v) is 5.43. The SMILES string of the molecule is CC(O)(CNC(=O)/C=C/c1cccc(C#N)c1)c1ccccc1. The number of hydrogen-bond donors (Lipinski definition) is 2. The first-order chi connectivity index (χ1) is 11.0. The van der Waals surface area contributed by atoms with Crippen LogP contribution in [0.1, 0.15) is 23.6 Å². The molecule has 0 bridgehead atoms. The molecule has 1 amide bonds. The van der Waals surface area contributed by atoms with E-state index in [0.29, 0.717) is 5.56 Å². The van der Waals surface area contributed by atoms with Crippen LogP contribution in [0.15, 0.2) is 60.7 Å². The van der Waals surface area contributed by atoms with Crippen molar-refractivity contribution in [1.82, 2.24) is 5.32 Å². The van der Waals surface area contributed by atoms with Gasteiger partial charge in [-0.05, 0) is 36.3 Å². The fraction of sp³-hybridized carbons (Fsp3) is 0.158. The molecule has 0 aliphatic rings. The zero-order chi connectivity index (χ0) is 16.7. The Morgan fingerprint density at radius 2 is 2.00 bits per heavy atom. The highest BCUT2D eigenvalue weighted by atomic mass is 16.3. The second-order valence-electron chi connectivity index (χ2n) is 5.43. The van der Waals surface area contributed by atoms with Crippen LogP contribution in [0.3, 0.4) is 0 Å². The summed E-state index contributed by atoms with van der Waals surface area (Å²) in [6.45, 7) is 1.77. The summed E-state index contributed by atoms with van der Waals surface area (Å²) < 4.78 is 0. The Morgan fingerprint density at radius 3 is 2.70 bits per heavy atom. The highest BCUT2D eigenvalue weighted by molar-refractivity contribution is 5.91. The molecule has 2 rings (SSSR count). The Bertz CT molecular complexity index is 743. The lowest BCUT2D eigenvalue weighted by molar-refractivity contribution is -0.117. The molecule has 0 heterocycles. The lowest BCUT2D eigenvalue weighted by atomic mass is 9.96. The van der Waals surface area contributed by atoms with Crippen LogP contribution in [-0.4, -0.2) is 17.6 Å². The molecule has 0 aromatic heterocycles. The van der Waals surface area contributed by atoms with E-state index in [4.69, 9.17) is 5.26 Å². The van der Waals surface area contributed by atoms with Gasteiger partial charge in [-0.3, -0.25) is 4.79 Å². The van der Waals surface area contributed by atoms with Crippen molar-refractivity contribution in [3.8, 4) is 6.07 Å². The van der Waals surface area contributed by atoms with Crippen LogP contribution in [0.2, 0.25) is 0 Å². The quantitative estimate of drug-likeness (QED) is 0.834. The number of hydrogen-bond acceptors (Lipinski definition) is 3. The Balaban J connectivity index is 1.95. The molecule has 116 valence electrons. The third-order valence-electron chi connectivity index (χ3n) is 3.45. The van der Waals surface area contributed by atoms with Crippen LogP contribution in [0.4, 0.5) is 0 Å². The highest BCUT2D eigenvalue weighted by Crippen LogP contribution is 2.18.